The van der Waals surface area contributed by atoms with Crippen molar-refractivity contribution in [1.29, 1.82) is 0 Å². The normalized spacial score (nSPS) is 21.0. The van der Waals surface area contributed by atoms with Gasteiger partial charge < -0.3 is 20.4 Å². The molecule has 0 saturated carbocycles. The number of hydrogen-bond acceptors (Lipinski definition) is 5. The van der Waals surface area contributed by atoms with Crippen LogP contribution in [0, 0.1) is 13.8 Å². The number of benzene rings is 1. The van der Waals surface area contributed by atoms with E-state index in [9.17, 15) is 14.4 Å². The number of aryl methyl sites for hydroxylation is 2. The third-order valence-corrected chi connectivity index (χ3v) is 5.78. The van der Waals surface area contributed by atoms with Gasteiger partial charge in [0.25, 0.3) is 0 Å². The predicted octanol–water partition coefficient (Wildman–Crippen LogP) is 0.206. The van der Waals surface area contributed by atoms with Gasteiger partial charge in [0.2, 0.25) is 17.7 Å². The van der Waals surface area contributed by atoms with Gasteiger partial charge in [-0.3, -0.25) is 19.3 Å². The topological polar surface area (TPSA) is 85.0 Å². The Morgan fingerprint density at radius 3 is 2.52 bits per heavy atom. The largest absolute Gasteiger partial charge is 0.353 e. The molecule has 2 N–H and O–H groups in total. The van der Waals surface area contributed by atoms with Crippen LogP contribution < -0.4 is 10.6 Å². The number of nitrogens with one attached hydrogen (secondary N) is 2. The average Bonchev–Trinajstić information content (AvgIpc) is 2.68. The number of hydrogen-bond donors (Lipinski definition) is 2. The molecule has 3 amide bonds. The van der Waals surface area contributed by atoms with Crippen molar-refractivity contribution in [3.05, 3.63) is 29.3 Å². The maximum absolute atomic E-state index is 12.9. The Hall–Kier alpha value is -2.45. The fourth-order valence-electron chi connectivity index (χ4n) is 3.71. The smallest absolute Gasteiger partial charge is 0.243 e. The number of anilines is 1. The minimum Gasteiger partial charge on any atom is -0.353 e. The third-order valence-electron chi connectivity index (χ3n) is 5.78. The number of carbonyl (C=O) groups is 3. The lowest BCUT2D eigenvalue weighted by atomic mass is 10.1. The van der Waals surface area contributed by atoms with Gasteiger partial charge >= 0.3 is 0 Å². The highest BCUT2D eigenvalue weighted by molar-refractivity contribution is 5.97. The summed E-state index contributed by atoms with van der Waals surface area (Å²) in [5.74, 6) is -0.626. The molecule has 0 unspecified atom stereocenters. The molecule has 0 spiro atoms. The van der Waals surface area contributed by atoms with Gasteiger partial charge in [-0.05, 0) is 44.2 Å². The summed E-state index contributed by atoms with van der Waals surface area (Å²) in [6, 6.07) is 4.93. The molecule has 29 heavy (non-hydrogen) atoms. The van der Waals surface area contributed by atoms with Crippen LogP contribution in [0.25, 0.3) is 0 Å². The van der Waals surface area contributed by atoms with Crippen LogP contribution in [-0.2, 0) is 14.4 Å². The molecule has 2 aliphatic rings. The van der Waals surface area contributed by atoms with E-state index in [1.165, 1.54) is 0 Å². The van der Waals surface area contributed by atoms with E-state index in [0.717, 1.165) is 37.3 Å². The molecule has 2 aliphatic heterocycles. The zero-order valence-electron chi connectivity index (χ0n) is 17.5. The molecular weight excluding hydrogens is 370 g/mol. The van der Waals surface area contributed by atoms with Gasteiger partial charge in [-0.1, -0.05) is 6.07 Å². The van der Waals surface area contributed by atoms with E-state index in [4.69, 9.17) is 0 Å². The molecule has 2 fully saturated rings. The summed E-state index contributed by atoms with van der Waals surface area (Å²) < 4.78 is 0. The molecule has 2 saturated heterocycles. The molecule has 0 aromatic heterocycles. The summed E-state index contributed by atoms with van der Waals surface area (Å²) in [6.45, 7) is 8.65. The van der Waals surface area contributed by atoms with Crippen LogP contribution in [0.5, 0.6) is 0 Å². The standard InChI is InChI=1S/C21H31N5O3/c1-15-4-5-17(12-16(15)2)23-19(27)13-18-21(29)22-6-7-26(18)20(28)14-25-10-8-24(3)9-11-25/h4-5,12,18H,6-11,13-14H2,1-3H3,(H,22,29)(H,23,27)/t18-/m1/s1. The van der Waals surface area contributed by atoms with Crippen LogP contribution in [0.2, 0.25) is 0 Å². The highest BCUT2D eigenvalue weighted by atomic mass is 16.2. The Labute approximate surface area is 172 Å². The van der Waals surface area contributed by atoms with Crippen molar-refractivity contribution in [2.24, 2.45) is 0 Å². The quantitative estimate of drug-likeness (QED) is 0.737. The third kappa shape index (κ3) is 5.55. The molecular formula is C21H31N5O3. The lowest BCUT2D eigenvalue weighted by molar-refractivity contribution is -0.145. The highest BCUT2D eigenvalue weighted by Gasteiger charge is 2.35. The fraction of sp³-hybridized carbons (Fsp3) is 0.571. The molecule has 0 radical (unpaired) electrons. The second-order valence-corrected chi connectivity index (χ2v) is 8.02. The Morgan fingerprint density at radius 1 is 1.10 bits per heavy atom. The first kappa shape index (κ1) is 21.3. The lowest BCUT2D eigenvalue weighted by Gasteiger charge is -2.37. The molecule has 158 valence electrons. The van der Waals surface area contributed by atoms with E-state index in [1.54, 1.807) is 4.90 Å². The zero-order valence-corrected chi connectivity index (χ0v) is 17.5. The van der Waals surface area contributed by atoms with Crippen LogP contribution in [0.1, 0.15) is 17.5 Å². The number of carbonyl (C=O) groups excluding carboxylic acids is 3. The van der Waals surface area contributed by atoms with E-state index < -0.39 is 6.04 Å². The monoisotopic (exact) mass is 401 g/mol. The number of rotatable bonds is 5. The van der Waals surface area contributed by atoms with Gasteiger partial charge in [0.1, 0.15) is 6.04 Å². The molecule has 8 heteroatoms. The molecule has 1 aromatic carbocycles. The van der Waals surface area contributed by atoms with Gasteiger partial charge in [-0.2, -0.15) is 0 Å². The molecule has 8 nitrogen and oxygen atoms in total. The van der Waals surface area contributed by atoms with Crippen LogP contribution >= 0.6 is 0 Å². The summed E-state index contributed by atoms with van der Waals surface area (Å²) in [6.07, 6.45) is -0.0484. The summed E-state index contributed by atoms with van der Waals surface area (Å²) in [5, 5.41) is 5.63. The van der Waals surface area contributed by atoms with Gasteiger partial charge in [0.15, 0.2) is 0 Å². The van der Waals surface area contributed by atoms with Gasteiger partial charge in [-0.15, -0.1) is 0 Å². The zero-order chi connectivity index (χ0) is 21.0. The van der Waals surface area contributed by atoms with Crippen molar-refractivity contribution in [3.63, 3.8) is 0 Å². The van der Waals surface area contributed by atoms with E-state index >= 15 is 0 Å². The fourth-order valence-corrected chi connectivity index (χ4v) is 3.71. The van der Waals surface area contributed by atoms with Gasteiger partial charge in [-0.25, -0.2) is 0 Å². The van der Waals surface area contributed by atoms with Crippen LogP contribution in [-0.4, -0.2) is 91.3 Å². The van der Waals surface area contributed by atoms with Crippen molar-refractivity contribution in [2.75, 3.05) is 58.2 Å². The van der Waals surface area contributed by atoms with Gasteiger partial charge in [0, 0.05) is 45.0 Å². The molecule has 3 rings (SSSR count). The Morgan fingerprint density at radius 2 is 1.83 bits per heavy atom. The van der Waals surface area contributed by atoms with E-state index in [2.05, 4.69) is 27.5 Å². The first-order chi connectivity index (χ1) is 13.8. The summed E-state index contributed by atoms with van der Waals surface area (Å²) in [4.78, 5) is 43.8. The summed E-state index contributed by atoms with van der Waals surface area (Å²) in [5.41, 5.74) is 2.93. The molecule has 0 aliphatic carbocycles. The second-order valence-electron chi connectivity index (χ2n) is 8.02. The SMILES string of the molecule is Cc1ccc(NC(=O)C[C@@H]2C(=O)NCCN2C(=O)CN2CCN(C)CC2)cc1C. The summed E-state index contributed by atoms with van der Waals surface area (Å²) >= 11 is 0. The van der Waals surface area contributed by atoms with Crippen LogP contribution in [0.4, 0.5) is 5.69 Å². The molecule has 2 heterocycles. The Bertz CT molecular complexity index is 774. The average molecular weight is 402 g/mol. The van der Waals surface area contributed by atoms with Gasteiger partial charge in [0.05, 0.1) is 13.0 Å². The van der Waals surface area contributed by atoms with Crippen molar-refractivity contribution in [3.8, 4) is 0 Å². The molecule has 0 bridgehead atoms. The summed E-state index contributed by atoms with van der Waals surface area (Å²) in [7, 11) is 2.07. The highest BCUT2D eigenvalue weighted by Crippen LogP contribution is 2.16. The van der Waals surface area contributed by atoms with Crippen molar-refractivity contribution < 1.29 is 14.4 Å². The van der Waals surface area contributed by atoms with E-state index in [1.807, 2.05) is 32.0 Å². The van der Waals surface area contributed by atoms with Crippen molar-refractivity contribution >= 4 is 23.4 Å². The molecule has 1 aromatic rings. The minimum absolute atomic E-state index is 0.0484. The second kappa shape index (κ2) is 9.37. The minimum atomic E-state index is -0.768. The van der Waals surface area contributed by atoms with E-state index in [0.29, 0.717) is 18.8 Å². The maximum Gasteiger partial charge on any atom is 0.243 e. The molecule has 1 atom stereocenters. The van der Waals surface area contributed by atoms with Crippen molar-refractivity contribution in [1.82, 2.24) is 20.0 Å². The van der Waals surface area contributed by atoms with Crippen LogP contribution in [0.15, 0.2) is 18.2 Å². The number of amides is 3. The first-order valence-corrected chi connectivity index (χ1v) is 10.2. The lowest BCUT2D eigenvalue weighted by Crippen LogP contribution is -2.60. The predicted molar refractivity (Wildman–Crippen MR) is 112 cm³/mol. The number of likely N-dealkylation sites (N-methyl/N-ethyl adjacent to an activating group) is 1. The van der Waals surface area contributed by atoms with E-state index in [-0.39, 0.29) is 30.7 Å². The first-order valence-electron chi connectivity index (χ1n) is 10.2. The number of nitrogens with zero attached hydrogens (tertiary/aromatic N) is 3. The number of piperazine rings is 2. The maximum atomic E-state index is 12.9. The Kier molecular flexibility index (Phi) is 6.87. The van der Waals surface area contributed by atoms with Crippen molar-refractivity contribution in [2.45, 2.75) is 26.3 Å². The van der Waals surface area contributed by atoms with Crippen LogP contribution in [0.3, 0.4) is 0 Å². The Balaban J connectivity index is 1.61.